The van der Waals surface area contributed by atoms with Crippen LogP contribution < -0.4 is 21.3 Å². The predicted molar refractivity (Wildman–Crippen MR) is 114 cm³/mol. The van der Waals surface area contributed by atoms with Crippen LogP contribution in [0.5, 0.6) is 0 Å². The molecule has 3 heterocycles. The summed E-state index contributed by atoms with van der Waals surface area (Å²) < 4.78 is 1.72. The van der Waals surface area contributed by atoms with Crippen molar-refractivity contribution in [1.29, 1.82) is 0 Å². The third-order valence-corrected chi connectivity index (χ3v) is 5.13. The highest BCUT2D eigenvalue weighted by Crippen LogP contribution is 2.27. The minimum Gasteiger partial charge on any atom is -0.367 e. The standard InChI is InChI=1S/C20H20ClN7O2/c21-13-3-1-2-11(6-13)9-22-16-8-17(24-14-4-5-14)28-18(26-16)12(10-23-28)7-15-19(29)27-20(30)25-15/h1-3,6-8,10,14,20,24-25,30H,4-5,9H2,(H,22,26)(H,27,29)/b15-7-. The van der Waals surface area contributed by atoms with Crippen LogP contribution in [0, 0.1) is 0 Å². The van der Waals surface area contributed by atoms with Gasteiger partial charge in [-0.25, -0.2) is 4.98 Å². The molecule has 2 fully saturated rings. The number of aliphatic hydroxyl groups is 1. The Hall–Kier alpha value is -3.30. The van der Waals surface area contributed by atoms with E-state index in [2.05, 4.69) is 26.4 Å². The topological polar surface area (TPSA) is 116 Å². The smallest absolute Gasteiger partial charge is 0.270 e. The zero-order valence-electron chi connectivity index (χ0n) is 15.9. The number of aliphatic hydroxyl groups excluding tert-OH is 1. The lowest BCUT2D eigenvalue weighted by molar-refractivity contribution is -0.117. The van der Waals surface area contributed by atoms with Gasteiger partial charge in [-0.2, -0.15) is 9.61 Å². The first-order valence-electron chi connectivity index (χ1n) is 9.66. The maximum atomic E-state index is 11.9. The van der Waals surface area contributed by atoms with E-state index in [-0.39, 0.29) is 11.6 Å². The summed E-state index contributed by atoms with van der Waals surface area (Å²) in [5.74, 6) is 1.12. The van der Waals surface area contributed by atoms with Gasteiger partial charge in [-0.1, -0.05) is 23.7 Å². The van der Waals surface area contributed by atoms with Gasteiger partial charge in [0.25, 0.3) is 5.91 Å². The molecule has 0 radical (unpaired) electrons. The second-order valence-corrected chi connectivity index (χ2v) is 7.78. The molecule has 1 aliphatic carbocycles. The molecule has 1 saturated carbocycles. The molecule has 1 aliphatic heterocycles. The Balaban J connectivity index is 1.49. The van der Waals surface area contributed by atoms with Crippen LogP contribution in [0.4, 0.5) is 11.6 Å². The first-order chi connectivity index (χ1) is 14.5. The summed E-state index contributed by atoms with van der Waals surface area (Å²) in [6, 6.07) is 9.99. The number of aromatic nitrogens is 3. The zero-order valence-corrected chi connectivity index (χ0v) is 16.6. The van der Waals surface area contributed by atoms with Crippen molar-refractivity contribution in [2.75, 3.05) is 10.6 Å². The van der Waals surface area contributed by atoms with Gasteiger partial charge in [0.05, 0.1) is 6.20 Å². The van der Waals surface area contributed by atoms with Crippen molar-refractivity contribution in [2.45, 2.75) is 31.8 Å². The van der Waals surface area contributed by atoms with Crippen LogP contribution >= 0.6 is 11.6 Å². The van der Waals surface area contributed by atoms with Crippen molar-refractivity contribution in [3.63, 3.8) is 0 Å². The van der Waals surface area contributed by atoms with Crippen LogP contribution in [0.2, 0.25) is 5.02 Å². The van der Waals surface area contributed by atoms with Crippen molar-refractivity contribution < 1.29 is 9.90 Å². The number of nitrogens with one attached hydrogen (secondary N) is 4. The highest BCUT2D eigenvalue weighted by Gasteiger charge is 2.25. The Morgan fingerprint density at radius 2 is 2.17 bits per heavy atom. The zero-order chi connectivity index (χ0) is 20.7. The van der Waals surface area contributed by atoms with Crippen molar-refractivity contribution >= 4 is 40.9 Å². The third-order valence-electron chi connectivity index (χ3n) is 4.90. The monoisotopic (exact) mass is 425 g/mol. The summed E-state index contributed by atoms with van der Waals surface area (Å²) in [6.45, 7) is 0.563. The maximum absolute atomic E-state index is 11.9. The Bertz CT molecular complexity index is 1160. The normalized spacial score (nSPS) is 19.7. The van der Waals surface area contributed by atoms with Crippen LogP contribution in [0.15, 0.2) is 42.2 Å². The maximum Gasteiger partial charge on any atom is 0.270 e. The van der Waals surface area contributed by atoms with E-state index in [1.165, 1.54) is 0 Å². The molecule has 1 aromatic carbocycles. The quantitative estimate of drug-likeness (QED) is 0.383. The lowest BCUT2D eigenvalue weighted by atomic mass is 10.2. The Morgan fingerprint density at radius 3 is 2.90 bits per heavy atom. The van der Waals surface area contributed by atoms with E-state index in [1.54, 1.807) is 16.8 Å². The lowest BCUT2D eigenvalue weighted by Gasteiger charge is -2.12. The largest absolute Gasteiger partial charge is 0.367 e. The molecule has 1 unspecified atom stereocenters. The average Bonchev–Trinajstić information content (AvgIpc) is 3.35. The first-order valence-corrected chi connectivity index (χ1v) is 10.0. The Kier molecular flexibility index (Phi) is 4.68. The number of hydrogen-bond acceptors (Lipinski definition) is 7. The Labute approximate surface area is 177 Å². The molecule has 0 spiro atoms. The van der Waals surface area contributed by atoms with E-state index >= 15 is 0 Å². The van der Waals surface area contributed by atoms with Crippen LogP contribution in [0.1, 0.15) is 24.0 Å². The molecule has 9 nitrogen and oxygen atoms in total. The van der Waals surface area contributed by atoms with E-state index in [1.807, 2.05) is 30.3 Å². The average molecular weight is 426 g/mol. The molecule has 154 valence electrons. The van der Waals surface area contributed by atoms with Gasteiger partial charge in [-0.3, -0.25) is 4.79 Å². The van der Waals surface area contributed by atoms with Gasteiger partial charge in [0.1, 0.15) is 17.3 Å². The second kappa shape index (κ2) is 7.51. The van der Waals surface area contributed by atoms with Crippen LogP contribution in [0.25, 0.3) is 11.7 Å². The number of nitrogens with zero attached hydrogens (tertiary/aromatic N) is 3. The van der Waals surface area contributed by atoms with Gasteiger partial charge in [0.15, 0.2) is 5.65 Å². The second-order valence-electron chi connectivity index (χ2n) is 7.34. The summed E-state index contributed by atoms with van der Waals surface area (Å²) in [5, 5.41) is 26.5. The first kappa shape index (κ1) is 18.7. The number of rotatable bonds is 6. The number of amides is 1. The van der Waals surface area contributed by atoms with Gasteiger partial charge < -0.3 is 26.4 Å². The number of carbonyl (C=O) groups is 1. The van der Waals surface area contributed by atoms with Crippen LogP contribution in [0.3, 0.4) is 0 Å². The van der Waals surface area contributed by atoms with Gasteiger partial charge in [0.2, 0.25) is 6.35 Å². The molecule has 30 heavy (non-hydrogen) atoms. The number of halogens is 1. The minimum atomic E-state index is -1.10. The summed E-state index contributed by atoms with van der Waals surface area (Å²) in [4.78, 5) is 16.6. The van der Waals surface area contributed by atoms with E-state index in [0.29, 0.717) is 34.6 Å². The number of fused-ring (bicyclic) bond motifs is 1. The summed E-state index contributed by atoms with van der Waals surface area (Å²) in [7, 11) is 0. The molecule has 5 N–H and O–H groups in total. The molecule has 1 atom stereocenters. The van der Waals surface area contributed by atoms with Crippen molar-refractivity contribution in [2.24, 2.45) is 0 Å². The van der Waals surface area contributed by atoms with E-state index < -0.39 is 6.35 Å². The van der Waals surface area contributed by atoms with Gasteiger partial charge in [-0.05, 0) is 36.6 Å². The molecule has 3 aromatic rings. The molecular formula is C20H20ClN7O2. The van der Waals surface area contributed by atoms with Crippen LogP contribution in [-0.2, 0) is 11.3 Å². The van der Waals surface area contributed by atoms with Gasteiger partial charge >= 0.3 is 0 Å². The summed E-state index contributed by atoms with van der Waals surface area (Å²) >= 11 is 6.08. The number of benzene rings is 1. The molecular weight excluding hydrogens is 406 g/mol. The summed E-state index contributed by atoms with van der Waals surface area (Å²) in [6.07, 6.45) is 4.42. The molecule has 2 aliphatic rings. The minimum absolute atomic E-state index is 0.258. The van der Waals surface area contributed by atoms with E-state index in [4.69, 9.17) is 16.6 Å². The fraction of sp³-hybridized carbons (Fsp3) is 0.250. The SMILES string of the molecule is O=C1NC(O)N/C1=C\c1cnn2c(NC3CC3)cc(NCc3cccc(Cl)c3)nc12. The fourth-order valence-electron chi connectivity index (χ4n) is 3.26. The number of anilines is 2. The molecule has 2 aromatic heterocycles. The molecule has 1 amide bonds. The number of carbonyl (C=O) groups excluding carboxylic acids is 1. The molecule has 5 rings (SSSR count). The lowest BCUT2D eigenvalue weighted by Crippen LogP contribution is -2.30. The fourth-order valence-corrected chi connectivity index (χ4v) is 3.48. The van der Waals surface area contributed by atoms with Crippen molar-refractivity contribution in [3.8, 4) is 0 Å². The molecule has 10 heteroatoms. The predicted octanol–water partition coefficient (Wildman–Crippen LogP) is 1.91. The summed E-state index contributed by atoms with van der Waals surface area (Å²) in [5.41, 5.74) is 2.55. The Morgan fingerprint density at radius 1 is 1.30 bits per heavy atom. The molecule has 1 saturated heterocycles. The van der Waals surface area contributed by atoms with E-state index in [9.17, 15) is 9.90 Å². The highest BCUT2D eigenvalue weighted by molar-refractivity contribution is 6.30. The van der Waals surface area contributed by atoms with Crippen molar-refractivity contribution in [3.05, 3.63) is 58.4 Å². The highest BCUT2D eigenvalue weighted by atomic mass is 35.5. The van der Waals surface area contributed by atoms with E-state index in [0.717, 1.165) is 24.2 Å². The van der Waals surface area contributed by atoms with Gasteiger partial charge in [0, 0.05) is 29.2 Å². The van der Waals surface area contributed by atoms with Gasteiger partial charge in [-0.15, -0.1) is 0 Å². The number of hydrogen-bond donors (Lipinski definition) is 5. The van der Waals surface area contributed by atoms with Crippen LogP contribution in [-0.4, -0.2) is 38.0 Å². The molecule has 0 bridgehead atoms. The third kappa shape index (κ3) is 3.89. The van der Waals surface area contributed by atoms with Crippen molar-refractivity contribution in [1.82, 2.24) is 25.2 Å².